The maximum atomic E-state index is 4.59. The van der Waals surface area contributed by atoms with Crippen LogP contribution in [-0.4, -0.2) is 26.1 Å². The van der Waals surface area contributed by atoms with Crippen molar-refractivity contribution in [2.24, 2.45) is 0 Å². The first-order chi connectivity index (χ1) is 10.2. The molecule has 0 amide bonds. The molecule has 0 radical (unpaired) electrons. The Bertz CT molecular complexity index is 758. The molecule has 0 aliphatic heterocycles. The fourth-order valence-electron chi connectivity index (χ4n) is 2.19. The van der Waals surface area contributed by atoms with Crippen LogP contribution >= 0.6 is 0 Å². The van der Waals surface area contributed by atoms with Crippen LogP contribution in [0.25, 0.3) is 17.2 Å². The normalized spacial score (nSPS) is 11.0. The summed E-state index contributed by atoms with van der Waals surface area (Å²) in [5.41, 5.74) is 3.16. The summed E-state index contributed by atoms with van der Waals surface area (Å²) in [6.07, 6.45) is 1.06. The lowest BCUT2D eigenvalue weighted by Gasteiger charge is -2.06. The molecule has 1 aromatic carbocycles. The van der Waals surface area contributed by atoms with Crippen LogP contribution in [0.3, 0.4) is 0 Å². The Morgan fingerprint density at radius 1 is 1.10 bits per heavy atom. The highest BCUT2D eigenvalue weighted by Gasteiger charge is 2.11. The Kier molecular flexibility index (Phi) is 3.56. The van der Waals surface area contributed by atoms with E-state index in [-0.39, 0.29) is 0 Å². The number of hydrogen-bond acceptors (Lipinski definition) is 4. The Hall–Kier alpha value is -2.43. The van der Waals surface area contributed by atoms with E-state index in [0.717, 1.165) is 30.0 Å². The van der Waals surface area contributed by atoms with Gasteiger partial charge in [-0.15, -0.1) is 5.10 Å². The predicted octanol–water partition coefficient (Wildman–Crippen LogP) is 3.23. The van der Waals surface area contributed by atoms with Crippen LogP contribution in [0.15, 0.2) is 30.3 Å². The van der Waals surface area contributed by atoms with Crippen LogP contribution < -0.4 is 5.32 Å². The van der Waals surface area contributed by atoms with Crippen LogP contribution in [0.5, 0.6) is 0 Å². The third-order valence-electron chi connectivity index (χ3n) is 3.31. The van der Waals surface area contributed by atoms with Crippen LogP contribution in [0.2, 0.25) is 0 Å². The van der Waals surface area contributed by atoms with Gasteiger partial charge < -0.3 is 5.32 Å². The lowest BCUT2D eigenvalue weighted by Crippen LogP contribution is -2.07. The molecule has 0 aliphatic carbocycles. The third kappa shape index (κ3) is 2.72. The zero-order valence-corrected chi connectivity index (χ0v) is 12.6. The molecule has 2 heterocycles. The van der Waals surface area contributed by atoms with Crippen molar-refractivity contribution in [1.29, 1.82) is 0 Å². The number of nitrogens with zero attached hydrogens (tertiary/aromatic N) is 4. The summed E-state index contributed by atoms with van der Waals surface area (Å²) in [6, 6.07) is 10.2. The number of anilines is 1. The van der Waals surface area contributed by atoms with Gasteiger partial charge in [0.15, 0.2) is 5.82 Å². The molecule has 0 saturated carbocycles. The summed E-state index contributed by atoms with van der Waals surface area (Å²) < 4.78 is 1.78. The van der Waals surface area contributed by atoms with Crippen molar-refractivity contribution in [1.82, 2.24) is 19.6 Å². The molecule has 21 heavy (non-hydrogen) atoms. The van der Waals surface area contributed by atoms with Crippen LogP contribution in [0, 0.1) is 13.8 Å². The highest BCUT2D eigenvalue weighted by molar-refractivity contribution is 5.59. The zero-order valence-electron chi connectivity index (χ0n) is 12.6. The Labute approximate surface area is 124 Å². The van der Waals surface area contributed by atoms with E-state index in [4.69, 9.17) is 0 Å². The number of hydrogen-bond donors (Lipinski definition) is 1. The largest absolute Gasteiger partial charge is 0.370 e. The molecule has 0 atom stereocenters. The standard InChI is InChI=1S/C16H19N5/c1-4-9-17-14-10-12(3)18-16-19-15(20-21(14)16)13-7-5-11(2)6-8-13/h5-8,10,17H,4,9H2,1-3H3. The van der Waals surface area contributed by atoms with E-state index >= 15 is 0 Å². The fraction of sp³-hybridized carbons (Fsp3) is 0.312. The summed E-state index contributed by atoms with van der Waals surface area (Å²) in [5.74, 6) is 2.27. The van der Waals surface area contributed by atoms with Crippen molar-refractivity contribution in [3.05, 3.63) is 41.6 Å². The first-order valence-electron chi connectivity index (χ1n) is 7.22. The SMILES string of the molecule is CCCNc1cc(C)nc2nc(-c3ccc(C)cc3)nn12. The Balaban J connectivity index is 2.08. The molecule has 3 aromatic rings. The van der Waals surface area contributed by atoms with E-state index in [1.54, 1.807) is 4.52 Å². The second-order valence-corrected chi connectivity index (χ2v) is 5.22. The Morgan fingerprint density at radius 3 is 2.57 bits per heavy atom. The van der Waals surface area contributed by atoms with Gasteiger partial charge in [-0.05, 0) is 20.3 Å². The van der Waals surface area contributed by atoms with Crippen molar-refractivity contribution in [2.45, 2.75) is 27.2 Å². The van der Waals surface area contributed by atoms with Gasteiger partial charge in [-0.25, -0.2) is 4.98 Å². The van der Waals surface area contributed by atoms with Crippen molar-refractivity contribution in [3.63, 3.8) is 0 Å². The molecule has 0 saturated heterocycles. The molecule has 5 nitrogen and oxygen atoms in total. The van der Waals surface area contributed by atoms with Gasteiger partial charge in [0.05, 0.1) is 0 Å². The second-order valence-electron chi connectivity index (χ2n) is 5.22. The average Bonchev–Trinajstić information content (AvgIpc) is 2.89. The van der Waals surface area contributed by atoms with Crippen molar-refractivity contribution in [3.8, 4) is 11.4 Å². The summed E-state index contributed by atoms with van der Waals surface area (Å²) in [6.45, 7) is 7.07. The summed E-state index contributed by atoms with van der Waals surface area (Å²) >= 11 is 0. The summed E-state index contributed by atoms with van der Waals surface area (Å²) in [4.78, 5) is 9.00. The van der Waals surface area contributed by atoms with Gasteiger partial charge in [-0.2, -0.15) is 9.50 Å². The molecule has 108 valence electrons. The molecule has 2 aromatic heterocycles. The van der Waals surface area contributed by atoms with Gasteiger partial charge >= 0.3 is 0 Å². The number of fused-ring (bicyclic) bond motifs is 1. The smallest absolute Gasteiger partial charge is 0.254 e. The molecule has 0 aliphatic rings. The molecule has 3 rings (SSSR count). The fourth-order valence-corrected chi connectivity index (χ4v) is 2.19. The summed E-state index contributed by atoms with van der Waals surface area (Å²) in [5, 5.41) is 7.96. The average molecular weight is 281 g/mol. The van der Waals surface area contributed by atoms with Crippen molar-refractivity contribution in [2.75, 3.05) is 11.9 Å². The van der Waals surface area contributed by atoms with Gasteiger partial charge in [0.25, 0.3) is 5.78 Å². The molecule has 0 bridgehead atoms. The minimum absolute atomic E-state index is 0.629. The van der Waals surface area contributed by atoms with E-state index in [2.05, 4.69) is 46.4 Å². The highest BCUT2D eigenvalue weighted by Crippen LogP contribution is 2.19. The summed E-state index contributed by atoms with van der Waals surface area (Å²) in [7, 11) is 0. The predicted molar refractivity (Wildman–Crippen MR) is 84.5 cm³/mol. The van der Waals surface area contributed by atoms with Gasteiger partial charge in [0.2, 0.25) is 0 Å². The van der Waals surface area contributed by atoms with Crippen LogP contribution in [0.1, 0.15) is 24.6 Å². The van der Waals surface area contributed by atoms with Gasteiger partial charge in [0.1, 0.15) is 5.82 Å². The number of benzene rings is 1. The Morgan fingerprint density at radius 2 is 1.86 bits per heavy atom. The lowest BCUT2D eigenvalue weighted by atomic mass is 10.1. The molecule has 5 heteroatoms. The first kappa shape index (κ1) is 13.5. The van der Waals surface area contributed by atoms with Gasteiger partial charge in [-0.3, -0.25) is 0 Å². The maximum Gasteiger partial charge on any atom is 0.254 e. The highest BCUT2D eigenvalue weighted by atomic mass is 15.4. The van der Waals surface area contributed by atoms with E-state index < -0.39 is 0 Å². The number of rotatable bonds is 4. The molecule has 0 spiro atoms. The monoisotopic (exact) mass is 281 g/mol. The van der Waals surface area contributed by atoms with E-state index in [0.29, 0.717) is 11.6 Å². The molecular formula is C16H19N5. The van der Waals surface area contributed by atoms with Crippen molar-refractivity contribution < 1.29 is 0 Å². The number of aromatic nitrogens is 4. The second kappa shape index (κ2) is 5.52. The zero-order chi connectivity index (χ0) is 14.8. The van der Waals surface area contributed by atoms with Gasteiger partial charge in [-0.1, -0.05) is 36.8 Å². The van der Waals surface area contributed by atoms with Crippen molar-refractivity contribution >= 4 is 11.6 Å². The van der Waals surface area contributed by atoms with Crippen LogP contribution in [0.4, 0.5) is 5.82 Å². The first-order valence-corrected chi connectivity index (χ1v) is 7.22. The quantitative estimate of drug-likeness (QED) is 0.797. The van der Waals surface area contributed by atoms with Gasteiger partial charge in [0, 0.05) is 23.9 Å². The number of nitrogens with one attached hydrogen (secondary N) is 1. The van der Waals surface area contributed by atoms with E-state index in [1.807, 2.05) is 25.1 Å². The maximum absolute atomic E-state index is 4.59. The number of aryl methyl sites for hydroxylation is 2. The third-order valence-corrected chi connectivity index (χ3v) is 3.31. The van der Waals surface area contributed by atoms with Crippen LogP contribution in [-0.2, 0) is 0 Å². The molecule has 0 fully saturated rings. The molecular weight excluding hydrogens is 262 g/mol. The molecule has 0 unspecified atom stereocenters. The lowest BCUT2D eigenvalue weighted by molar-refractivity contribution is 0.898. The minimum Gasteiger partial charge on any atom is -0.370 e. The van der Waals surface area contributed by atoms with E-state index in [9.17, 15) is 0 Å². The molecule has 1 N–H and O–H groups in total. The minimum atomic E-state index is 0.629. The van der Waals surface area contributed by atoms with E-state index in [1.165, 1.54) is 5.56 Å². The topological polar surface area (TPSA) is 55.1 Å².